The van der Waals surface area contributed by atoms with Crippen LogP contribution in [0.3, 0.4) is 0 Å². The third kappa shape index (κ3) is 3.13. The molecule has 3 rings (SSSR count). The number of nitrogens with zero attached hydrogens (tertiary/aromatic N) is 4. The number of carbonyl (C=O) groups excluding carboxylic acids is 1. The Morgan fingerprint density at radius 3 is 3.09 bits per heavy atom. The number of ether oxygens (including phenoxy) is 2. The summed E-state index contributed by atoms with van der Waals surface area (Å²) in [6.07, 6.45) is 1.76. The van der Waals surface area contributed by atoms with E-state index in [0.717, 1.165) is 11.3 Å². The number of hydrogen-bond donors (Lipinski definition) is 1. The molecular weight excluding hydrogens is 322 g/mol. The van der Waals surface area contributed by atoms with E-state index in [-0.39, 0.29) is 23.5 Å². The molecule has 9 nitrogen and oxygen atoms in total. The SMILES string of the molecule is CN(C)C(=O)OC[C@@H]1CC[C@H](n2c(=O)sc3cnc(N)nc32)O1. The summed E-state index contributed by atoms with van der Waals surface area (Å²) in [4.78, 5) is 32.8. The van der Waals surface area contributed by atoms with Gasteiger partial charge < -0.3 is 20.1 Å². The maximum absolute atomic E-state index is 12.2. The zero-order valence-electron chi connectivity index (χ0n) is 12.8. The Bertz CT molecular complexity index is 786. The van der Waals surface area contributed by atoms with Gasteiger partial charge in [-0.25, -0.2) is 9.78 Å². The molecule has 0 radical (unpaired) electrons. The predicted molar refractivity (Wildman–Crippen MR) is 84.3 cm³/mol. The van der Waals surface area contributed by atoms with Crippen LogP contribution in [-0.2, 0) is 9.47 Å². The minimum Gasteiger partial charge on any atom is -0.447 e. The summed E-state index contributed by atoms with van der Waals surface area (Å²) >= 11 is 1.05. The zero-order valence-corrected chi connectivity index (χ0v) is 13.6. The van der Waals surface area contributed by atoms with Crippen molar-refractivity contribution in [3.8, 4) is 0 Å². The molecule has 2 N–H and O–H groups in total. The van der Waals surface area contributed by atoms with Gasteiger partial charge >= 0.3 is 11.0 Å². The standard InChI is InChI=1S/C13H17N5O4S/c1-17(2)12(19)21-6-7-3-4-9(22-7)18-10-8(23-13(18)20)5-15-11(14)16-10/h5,7,9H,3-4,6H2,1-2H3,(H2,14,15,16)/t7-,9+/m0/s1. The number of thiazole rings is 1. The molecule has 1 aliphatic heterocycles. The summed E-state index contributed by atoms with van der Waals surface area (Å²) in [6, 6.07) is 0. The van der Waals surface area contributed by atoms with Gasteiger partial charge in [-0.15, -0.1) is 0 Å². The van der Waals surface area contributed by atoms with Gasteiger partial charge in [0.15, 0.2) is 5.65 Å². The summed E-state index contributed by atoms with van der Waals surface area (Å²) in [7, 11) is 3.23. The van der Waals surface area contributed by atoms with Crippen LogP contribution in [0.5, 0.6) is 0 Å². The number of hydrogen-bond acceptors (Lipinski definition) is 8. The highest BCUT2D eigenvalue weighted by Crippen LogP contribution is 2.30. The predicted octanol–water partition coefficient (Wildman–Crippen LogP) is 0.811. The minimum atomic E-state index is -0.436. The smallest absolute Gasteiger partial charge is 0.409 e. The lowest BCUT2D eigenvalue weighted by Gasteiger charge is -2.16. The Balaban J connectivity index is 1.74. The highest BCUT2D eigenvalue weighted by molar-refractivity contribution is 7.16. The molecule has 0 aromatic carbocycles. The van der Waals surface area contributed by atoms with Crippen LogP contribution < -0.4 is 10.6 Å². The van der Waals surface area contributed by atoms with Crippen molar-refractivity contribution in [3.05, 3.63) is 15.9 Å². The highest BCUT2D eigenvalue weighted by atomic mass is 32.1. The van der Waals surface area contributed by atoms with Crippen molar-refractivity contribution in [2.75, 3.05) is 26.4 Å². The van der Waals surface area contributed by atoms with Gasteiger partial charge in [-0.2, -0.15) is 4.98 Å². The minimum absolute atomic E-state index is 0.110. The lowest BCUT2D eigenvalue weighted by atomic mass is 10.2. The number of carbonyl (C=O) groups is 1. The first-order valence-corrected chi connectivity index (χ1v) is 7.90. The largest absolute Gasteiger partial charge is 0.447 e. The van der Waals surface area contributed by atoms with Crippen molar-refractivity contribution in [2.45, 2.75) is 25.2 Å². The molecule has 2 atom stereocenters. The highest BCUT2D eigenvalue weighted by Gasteiger charge is 2.30. The van der Waals surface area contributed by atoms with E-state index < -0.39 is 12.3 Å². The van der Waals surface area contributed by atoms with Crippen molar-refractivity contribution < 1.29 is 14.3 Å². The normalized spacial score (nSPS) is 20.8. The lowest BCUT2D eigenvalue weighted by molar-refractivity contribution is -0.0283. The summed E-state index contributed by atoms with van der Waals surface area (Å²) in [5.41, 5.74) is 6.08. The first-order valence-electron chi connectivity index (χ1n) is 7.09. The fourth-order valence-electron chi connectivity index (χ4n) is 2.40. The molecule has 0 bridgehead atoms. The number of amides is 1. The first-order chi connectivity index (χ1) is 11.0. The fourth-order valence-corrected chi connectivity index (χ4v) is 3.23. The van der Waals surface area contributed by atoms with E-state index in [4.69, 9.17) is 15.2 Å². The van der Waals surface area contributed by atoms with Crippen molar-refractivity contribution in [2.24, 2.45) is 0 Å². The van der Waals surface area contributed by atoms with E-state index in [1.54, 1.807) is 14.1 Å². The van der Waals surface area contributed by atoms with Crippen LogP contribution in [0.15, 0.2) is 11.0 Å². The molecule has 10 heteroatoms. The van der Waals surface area contributed by atoms with Crippen LogP contribution >= 0.6 is 11.3 Å². The van der Waals surface area contributed by atoms with E-state index in [9.17, 15) is 9.59 Å². The molecule has 2 aromatic rings. The van der Waals surface area contributed by atoms with Crippen LogP contribution in [0.4, 0.5) is 10.7 Å². The number of nitrogens with two attached hydrogens (primary N) is 1. The Kier molecular flexibility index (Phi) is 4.18. The van der Waals surface area contributed by atoms with Gasteiger partial charge in [-0.1, -0.05) is 11.3 Å². The fraction of sp³-hybridized carbons (Fsp3) is 0.538. The van der Waals surface area contributed by atoms with Crippen LogP contribution in [0.25, 0.3) is 10.3 Å². The Hall–Kier alpha value is -2.20. The van der Waals surface area contributed by atoms with Gasteiger partial charge in [0.05, 0.1) is 17.0 Å². The maximum Gasteiger partial charge on any atom is 0.409 e. The maximum atomic E-state index is 12.2. The van der Waals surface area contributed by atoms with E-state index in [1.165, 1.54) is 15.7 Å². The number of aromatic nitrogens is 3. The molecule has 1 saturated heterocycles. The van der Waals surface area contributed by atoms with Gasteiger partial charge in [0.2, 0.25) is 5.95 Å². The van der Waals surface area contributed by atoms with Gasteiger partial charge in [0.1, 0.15) is 12.8 Å². The third-order valence-electron chi connectivity index (χ3n) is 3.51. The average Bonchev–Trinajstić information content (AvgIpc) is 3.07. The molecule has 124 valence electrons. The van der Waals surface area contributed by atoms with Crippen molar-refractivity contribution in [1.82, 2.24) is 19.4 Å². The van der Waals surface area contributed by atoms with Gasteiger partial charge in [-0.05, 0) is 12.8 Å². The van der Waals surface area contributed by atoms with Gasteiger partial charge in [0, 0.05) is 14.1 Å². The summed E-state index contributed by atoms with van der Waals surface area (Å²) < 4.78 is 13.1. The molecule has 0 unspecified atom stereocenters. The topological polar surface area (TPSA) is 113 Å². The summed E-state index contributed by atoms with van der Waals surface area (Å²) in [5.74, 6) is 0.110. The van der Waals surface area contributed by atoms with Crippen molar-refractivity contribution >= 4 is 33.7 Å². The molecule has 3 heterocycles. The van der Waals surface area contributed by atoms with Crippen LogP contribution in [0.1, 0.15) is 19.1 Å². The molecule has 0 saturated carbocycles. The average molecular weight is 339 g/mol. The number of rotatable bonds is 3. The molecular formula is C13H17N5O4S. The third-order valence-corrected chi connectivity index (χ3v) is 4.39. The van der Waals surface area contributed by atoms with Crippen LogP contribution in [0.2, 0.25) is 0 Å². The zero-order chi connectivity index (χ0) is 16.6. The molecule has 2 aromatic heterocycles. The van der Waals surface area contributed by atoms with E-state index in [1.807, 2.05) is 0 Å². The molecule has 23 heavy (non-hydrogen) atoms. The summed E-state index contributed by atoms with van der Waals surface area (Å²) in [5, 5.41) is 0. The molecule has 1 amide bonds. The number of nitrogen functional groups attached to an aromatic ring is 1. The van der Waals surface area contributed by atoms with Crippen molar-refractivity contribution in [3.63, 3.8) is 0 Å². The second kappa shape index (κ2) is 6.13. The van der Waals surface area contributed by atoms with Gasteiger partial charge in [-0.3, -0.25) is 9.36 Å². The van der Waals surface area contributed by atoms with E-state index in [2.05, 4.69) is 9.97 Å². The number of anilines is 1. The summed E-state index contributed by atoms with van der Waals surface area (Å²) in [6.45, 7) is 0.154. The molecule has 0 aliphatic carbocycles. The Morgan fingerprint density at radius 2 is 2.35 bits per heavy atom. The Morgan fingerprint density at radius 1 is 1.57 bits per heavy atom. The van der Waals surface area contributed by atoms with Crippen LogP contribution in [-0.4, -0.2) is 52.3 Å². The first kappa shape index (κ1) is 15.7. The number of fused-ring (bicyclic) bond motifs is 1. The van der Waals surface area contributed by atoms with E-state index in [0.29, 0.717) is 23.2 Å². The van der Waals surface area contributed by atoms with Gasteiger partial charge in [0.25, 0.3) is 0 Å². The second-order valence-corrected chi connectivity index (χ2v) is 6.41. The van der Waals surface area contributed by atoms with Crippen LogP contribution in [0, 0.1) is 0 Å². The lowest BCUT2D eigenvalue weighted by Crippen LogP contribution is -2.27. The molecule has 0 spiro atoms. The Labute approximate surface area is 135 Å². The second-order valence-electron chi connectivity index (χ2n) is 5.42. The molecule has 1 fully saturated rings. The van der Waals surface area contributed by atoms with Crippen molar-refractivity contribution in [1.29, 1.82) is 0 Å². The quantitative estimate of drug-likeness (QED) is 0.880. The van der Waals surface area contributed by atoms with E-state index >= 15 is 0 Å². The molecule has 1 aliphatic rings. The monoisotopic (exact) mass is 339 g/mol.